The highest BCUT2D eigenvalue weighted by Gasteiger charge is 2.14. The van der Waals surface area contributed by atoms with E-state index in [0.29, 0.717) is 17.1 Å². The highest BCUT2D eigenvalue weighted by atomic mass is 35.5. The summed E-state index contributed by atoms with van der Waals surface area (Å²) in [5.74, 6) is -0.0677. The Morgan fingerprint density at radius 3 is 2.89 bits per heavy atom. The summed E-state index contributed by atoms with van der Waals surface area (Å²) in [4.78, 5) is 18.4. The summed E-state index contributed by atoms with van der Waals surface area (Å²) in [6.07, 6.45) is 1.75. The molecule has 0 saturated carbocycles. The van der Waals surface area contributed by atoms with Gasteiger partial charge in [0.15, 0.2) is 0 Å². The van der Waals surface area contributed by atoms with E-state index in [2.05, 4.69) is 10.3 Å². The van der Waals surface area contributed by atoms with Crippen molar-refractivity contribution in [1.82, 2.24) is 14.9 Å². The van der Waals surface area contributed by atoms with Crippen LogP contribution in [0.3, 0.4) is 0 Å². The molecule has 0 radical (unpaired) electrons. The number of rotatable bonds is 5. The third-order valence-electron chi connectivity index (χ3n) is 4.86. The molecule has 0 spiro atoms. The molecule has 1 aliphatic rings. The number of nitrogens with zero attached hydrogens (tertiary/aromatic N) is 2. The smallest absolute Gasteiger partial charge is 0.251 e. The molecule has 3 aromatic rings. The van der Waals surface area contributed by atoms with E-state index in [-0.39, 0.29) is 5.91 Å². The van der Waals surface area contributed by atoms with Gasteiger partial charge in [-0.1, -0.05) is 17.7 Å². The molecule has 2 heterocycles. The van der Waals surface area contributed by atoms with Crippen molar-refractivity contribution in [2.24, 2.45) is 0 Å². The number of hydrogen-bond acceptors (Lipinski definition) is 3. The Labute approximate surface area is 162 Å². The zero-order valence-electron chi connectivity index (χ0n) is 15.0. The van der Waals surface area contributed by atoms with Gasteiger partial charge in [-0.3, -0.25) is 9.36 Å². The number of amides is 1. The summed E-state index contributed by atoms with van der Waals surface area (Å²) < 4.78 is 7.32. The van der Waals surface area contributed by atoms with Gasteiger partial charge in [0.05, 0.1) is 37.3 Å². The van der Waals surface area contributed by atoms with Crippen LogP contribution in [0.2, 0.25) is 5.02 Å². The lowest BCUT2D eigenvalue weighted by Gasteiger charge is -2.23. The van der Waals surface area contributed by atoms with E-state index >= 15 is 0 Å². The highest BCUT2D eigenvalue weighted by molar-refractivity contribution is 6.30. The first-order valence-electron chi connectivity index (χ1n) is 9.13. The number of carbonyl (C=O) groups excluding carboxylic acids is 1. The molecule has 2 aromatic carbocycles. The van der Waals surface area contributed by atoms with Crippen LogP contribution in [0.5, 0.6) is 0 Å². The predicted molar refractivity (Wildman–Crippen MR) is 105 cm³/mol. The molecule has 2 N–H and O–H groups in total. The average Bonchev–Trinajstić information content (AvgIpc) is 3.12. The molecule has 1 aromatic heterocycles. The standard InChI is InChI=1S/C20H21ClN4O2/c21-16-2-1-3-17(13-16)25-14-23-18-12-15(4-5-19(18)25)20(26)22-6-7-24-8-10-27-11-9-24/h1-5,12-14H,6-11H2,(H,22,26)/p+1. The molecule has 0 aliphatic carbocycles. The van der Waals surface area contributed by atoms with Gasteiger partial charge >= 0.3 is 0 Å². The third-order valence-corrected chi connectivity index (χ3v) is 5.09. The van der Waals surface area contributed by atoms with E-state index in [1.807, 2.05) is 47.0 Å². The van der Waals surface area contributed by atoms with Gasteiger partial charge in [-0.25, -0.2) is 4.98 Å². The number of nitrogens with one attached hydrogen (secondary N) is 2. The third kappa shape index (κ3) is 4.13. The fourth-order valence-electron chi connectivity index (χ4n) is 3.35. The summed E-state index contributed by atoms with van der Waals surface area (Å²) in [7, 11) is 0. The van der Waals surface area contributed by atoms with Gasteiger partial charge in [-0.15, -0.1) is 0 Å². The molecule has 1 aliphatic heterocycles. The zero-order valence-corrected chi connectivity index (χ0v) is 15.7. The Bertz CT molecular complexity index is 950. The van der Waals surface area contributed by atoms with E-state index in [9.17, 15) is 4.79 Å². The van der Waals surface area contributed by atoms with Crippen molar-refractivity contribution in [3.8, 4) is 5.69 Å². The molecule has 140 valence electrons. The molecule has 0 atom stereocenters. The van der Waals surface area contributed by atoms with Crippen LogP contribution in [-0.4, -0.2) is 54.9 Å². The van der Waals surface area contributed by atoms with E-state index in [1.165, 1.54) is 4.90 Å². The van der Waals surface area contributed by atoms with Gasteiger partial charge in [0.25, 0.3) is 5.91 Å². The van der Waals surface area contributed by atoms with E-state index in [4.69, 9.17) is 16.3 Å². The number of carbonyl (C=O) groups is 1. The minimum absolute atomic E-state index is 0.0677. The summed E-state index contributed by atoms with van der Waals surface area (Å²) in [6.45, 7) is 5.18. The molecular formula is C20H22ClN4O2+. The lowest BCUT2D eigenvalue weighted by molar-refractivity contribution is -0.906. The van der Waals surface area contributed by atoms with Crippen LogP contribution in [0.1, 0.15) is 10.4 Å². The second-order valence-electron chi connectivity index (χ2n) is 6.67. The van der Waals surface area contributed by atoms with Crippen molar-refractivity contribution in [2.75, 3.05) is 39.4 Å². The Balaban J connectivity index is 1.44. The van der Waals surface area contributed by atoms with Crippen molar-refractivity contribution in [1.29, 1.82) is 0 Å². The van der Waals surface area contributed by atoms with Gasteiger partial charge in [-0.2, -0.15) is 0 Å². The summed E-state index contributed by atoms with van der Waals surface area (Å²) in [5, 5.41) is 3.68. The quantitative estimate of drug-likeness (QED) is 0.696. The zero-order chi connectivity index (χ0) is 18.6. The first kappa shape index (κ1) is 18.0. The maximum atomic E-state index is 12.5. The number of imidazole rings is 1. The summed E-state index contributed by atoms with van der Waals surface area (Å²) >= 11 is 6.09. The summed E-state index contributed by atoms with van der Waals surface area (Å²) in [5.41, 5.74) is 3.28. The molecule has 6 nitrogen and oxygen atoms in total. The number of hydrogen-bond donors (Lipinski definition) is 2. The lowest BCUT2D eigenvalue weighted by Crippen LogP contribution is -3.14. The number of ether oxygens (including phenoxy) is 1. The second kappa shape index (κ2) is 8.08. The molecule has 4 rings (SSSR count). The largest absolute Gasteiger partial charge is 0.370 e. The molecule has 1 fully saturated rings. The Morgan fingerprint density at radius 1 is 1.22 bits per heavy atom. The molecule has 27 heavy (non-hydrogen) atoms. The van der Waals surface area contributed by atoms with Gasteiger partial charge in [-0.05, 0) is 36.4 Å². The molecule has 1 saturated heterocycles. The monoisotopic (exact) mass is 385 g/mol. The van der Waals surface area contributed by atoms with Crippen LogP contribution >= 0.6 is 11.6 Å². The number of fused-ring (bicyclic) bond motifs is 1. The Hall–Kier alpha value is -2.41. The van der Waals surface area contributed by atoms with Crippen LogP contribution in [0.4, 0.5) is 0 Å². The maximum absolute atomic E-state index is 12.5. The van der Waals surface area contributed by atoms with E-state index in [0.717, 1.165) is 49.6 Å². The highest BCUT2D eigenvalue weighted by Crippen LogP contribution is 2.21. The van der Waals surface area contributed by atoms with Gasteiger partial charge in [0.1, 0.15) is 19.4 Å². The van der Waals surface area contributed by atoms with Gasteiger partial charge in [0, 0.05) is 16.3 Å². The van der Waals surface area contributed by atoms with Crippen LogP contribution < -0.4 is 10.2 Å². The molecule has 7 heteroatoms. The predicted octanol–water partition coefficient (Wildman–Crippen LogP) is 1.32. The minimum atomic E-state index is -0.0677. The van der Waals surface area contributed by atoms with Crippen molar-refractivity contribution in [3.63, 3.8) is 0 Å². The van der Waals surface area contributed by atoms with Crippen molar-refractivity contribution in [2.45, 2.75) is 0 Å². The van der Waals surface area contributed by atoms with E-state index < -0.39 is 0 Å². The Kier molecular flexibility index (Phi) is 5.38. The number of benzene rings is 2. The summed E-state index contributed by atoms with van der Waals surface area (Å²) in [6, 6.07) is 13.2. The van der Waals surface area contributed by atoms with Crippen molar-refractivity contribution in [3.05, 3.63) is 59.4 Å². The first-order chi connectivity index (χ1) is 13.2. The van der Waals surface area contributed by atoms with E-state index in [1.54, 1.807) is 6.33 Å². The maximum Gasteiger partial charge on any atom is 0.251 e. The fraction of sp³-hybridized carbons (Fsp3) is 0.300. The van der Waals surface area contributed by atoms with Crippen molar-refractivity contribution < 1.29 is 14.4 Å². The van der Waals surface area contributed by atoms with Crippen LogP contribution in [0.15, 0.2) is 48.8 Å². The number of halogens is 1. The molecular weight excluding hydrogens is 364 g/mol. The van der Waals surface area contributed by atoms with Gasteiger partial charge in [0.2, 0.25) is 0 Å². The normalized spacial score (nSPS) is 15.1. The van der Waals surface area contributed by atoms with Gasteiger partial charge < -0.3 is 15.0 Å². The average molecular weight is 386 g/mol. The minimum Gasteiger partial charge on any atom is -0.370 e. The SMILES string of the molecule is O=C(NCC[NH+]1CCOCC1)c1ccc2c(c1)ncn2-c1cccc(Cl)c1. The Morgan fingerprint density at radius 2 is 2.07 bits per heavy atom. The number of morpholine rings is 1. The molecule has 1 amide bonds. The second-order valence-corrected chi connectivity index (χ2v) is 7.10. The number of quaternary nitrogens is 1. The van der Waals surface area contributed by atoms with Crippen LogP contribution in [0, 0.1) is 0 Å². The van der Waals surface area contributed by atoms with Crippen molar-refractivity contribution >= 4 is 28.5 Å². The number of aromatic nitrogens is 2. The first-order valence-corrected chi connectivity index (χ1v) is 9.51. The fourth-order valence-corrected chi connectivity index (χ4v) is 3.54. The van der Waals surface area contributed by atoms with Crippen LogP contribution in [-0.2, 0) is 4.74 Å². The topological polar surface area (TPSA) is 60.6 Å². The molecule has 0 unspecified atom stereocenters. The van der Waals surface area contributed by atoms with Crippen LogP contribution in [0.25, 0.3) is 16.7 Å². The molecule has 0 bridgehead atoms. The lowest BCUT2D eigenvalue weighted by atomic mass is 10.2.